The maximum Gasteiger partial charge on any atom is 0.409 e. The molecule has 3 N–H and O–H groups in total. The summed E-state index contributed by atoms with van der Waals surface area (Å²) in [6.07, 6.45) is 0.105. The van der Waals surface area contributed by atoms with Crippen LogP contribution in [0.25, 0.3) is 16.8 Å². The van der Waals surface area contributed by atoms with Crippen molar-refractivity contribution in [3.8, 4) is 16.8 Å². The van der Waals surface area contributed by atoms with Crippen molar-refractivity contribution in [1.82, 2.24) is 9.55 Å². The number of hydrogen-bond acceptors (Lipinski definition) is 4. The predicted octanol–water partition coefficient (Wildman–Crippen LogP) is 5.60. The number of aryl methyl sites for hydroxylation is 2. The largest absolute Gasteiger partial charge is 0.465 e. The third kappa shape index (κ3) is 5.64. The van der Waals surface area contributed by atoms with Gasteiger partial charge in [-0.3, -0.25) is 14.9 Å². The van der Waals surface area contributed by atoms with Crippen LogP contribution in [0.5, 0.6) is 0 Å². The van der Waals surface area contributed by atoms with Crippen LogP contribution in [0.4, 0.5) is 20.6 Å². The van der Waals surface area contributed by atoms with Crippen LogP contribution in [-0.2, 0) is 4.79 Å². The van der Waals surface area contributed by atoms with E-state index in [0.29, 0.717) is 16.7 Å². The zero-order valence-corrected chi connectivity index (χ0v) is 19.6. The van der Waals surface area contributed by atoms with Gasteiger partial charge in [0.25, 0.3) is 0 Å². The van der Waals surface area contributed by atoms with E-state index in [1.165, 1.54) is 18.2 Å². The number of nitrogens with zero attached hydrogens (tertiary/aromatic N) is 2. The highest BCUT2D eigenvalue weighted by Crippen LogP contribution is 2.30. The van der Waals surface area contributed by atoms with Crippen molar-refractivity contribution in [3.05, 3.63) is 95.8 Å². The Kier molecular flexibility index (Phi) is 6.91. The summed E-state index contributed by atoms with van der Waals surface area (Å²) in [7, 11) is 0. The highest BCUT2D eigenvalue weighted by Gasteiger charge is 2.16. The number of anilines is 2. The molecule has 4 aromatic rings. The molecule has 0 aliphatic heterocycles. The molecule has 0 spiro atoms. The topological polar surface area (TPSA) is 113 Å². The van der Waals surface area contributed by atoms with E-state index in [4.69, 9.17) is 5.11 Å². The number of hydrogen-bond donors (Lipinski definition) is 3. The molecule has 0 saturated heterocycles. The molecule has 0 fully saturated rings. The molecule has 2 amide bonds. The van der Waals surface area contributed by atoms with E-state index in [-0.39, 0.29) is 11.4 Å². The zero-order chi connectivity index (χ0) is 25.8. The Morgan fingerprint density at radius 3 is 2.31 bits per heavy atom. The van der Waals surface area contributed by atoms with Gasteiger partial charge in [-0.2, -0.15) is 0 Å². The number of carbonyl (C=O) groups excluding carboxylic acids is 2. The van der Waals surface area contributed by atoms with Gasteiger partial charge in [0, 0.05) is 17.4 Å². The number of ketones is 1. The first-order valence-electron chi connectivity index (χ1n) is 11.1. The molecule has 182 valence electrons. The zero-order valence-electron chi connectivity index (χ0n) is 19.6. The number of carboxylic acid groups (broad SMARTS) is 1. The molecule has 0 aliphatic rings. The Hall–Kier alpha value is -4.79. The van der Waals surface area contributed by atoms with E-state index in [1.54, 1.807) is 42.5 Å². The van der Waals surface area contributed by atoms with Crippen molar-refractivity contribution in [2.75, 3.05) is 10.6 Å². The quantitative estimate of drug-likeness (QED) is 0.233. The van der Waals surface area contributed by atoms with Crippen LogP contribution >= 0.6 is 0 Å². The molecule has 9 heteroatoms. The van der Waals surface area contributed by atoms with Gasteiger partial charge in [-0.1, -0.05) is 30.3 Å². The summed E-state index contributed by atoms with van der Waals surface area (Å²) < 4.78 is 15.2. The highest BCUT2D eigenvalue weighted by molar-refractivity contribution is 6.12. The van der Waals surface area contributed by atoms with Crippen molar-refractivity contribution < 1.29 is 23.9 Å². The lowest BCUT2D eigenvalue weighted by Gasteiger charge is -2.13. The lowest BCUT2D eigenvalue weighted by Crippen LogP contribution is -2.18. The third-order valence-electron chi connectivity index (χ3n) is 5.48. The molecule has 0 saturated carbocycles. The van der Waals surface area contributed by atoms with Gasteiger partial charge >= 0.3 is 6.09 Å². The van der Waals surface area contributed by atoms with E-state index >= 15 is 0 Å². The van der Waals surface area contributed by atoms with Gasteiger partial charge in [0.1, 0.15) is 11.6 Å². The minimum absolute atomic E-state index is 0.141. The number of Topliss-reactive ketones (excluding diaryl/α,β-unsaturated/α-hetero) is 1. The second-order valence-electron chi connectivity index (χ2n) is 8.20. The standard InChI is InChI=1S/C27H23FN4O4/c1-16-15-32(17(2)29-16)22-5-3-4-20(12-22)25(33)14-26(34)30-24-13-19(8-11-23(24)31-27(35)36)18-6-9-21(28)10-7-18/h3-13,15,31H,14H2,1-2H3,(H,30,34)(H,35,36). The van der Waals surface area contributed by atoms with Crippen molar-refractivity contribution in [1.29, 1.82) is 0 Å². The lowest BCUT2D eigenvalue weighted by atomic mass is 10.0. The van der Waals surface area contributed by atoms with Crippen LogP contribution in [0.15, 0.2) is 72.9 Å². The summed E-state index contributed by atoms with van der Waals surface area (Å²) in [4.78, 5) is 41.2. The number of rotatable bonds is 7. The molecule has 8 nitrogen and oxygen atoms in total. The summed E-state index contributed by atoms with van der Waals surface area (Å²) in [5, 5.41) is 14.0. The van der Waals surface area contributed by atoms with E-state index in [1.807, 2.05) is 30.7 Å². The highest BCUT2D eigenvalue weighted by atomic mass is 19.1. The smallest absolute Gasteiger partial charge is 0.409 e. The number of nitrogens with one attached hydrogen (secondary N) is 2. The molecule has 4 rings (SSSR count). The van der Waals surface area contributed by atoms with Crippen LogP contribution in [0.3, 0.4) is 0 Å². The van der Waals surface area contributed by atoms with Gasteiger partial charge in [-0.25, -0.2) is 14.2 Å². The van der Waals surface area contributed by atoms with Gasteiger partial charge in [0.2, 0.25) is 5.91 Å². The second kappa shape index (κ2) is 10.2. The number of amides is 2. The first-order chi connectivity index (χ1) is 17.2. The lowest BCUT2D eigenvalue weighted by molar-refractivity contribution is -0.115. The van der Waals surface area contributed by atoms with Crippen molar-refractivity contribution >= 4 is 29.2 Å². The summed E-state index contributed by atoms with van der Waals surface area (Å²) in [6.45, 7) is 3.74. The number of halogens is 1. The average Bonchev–Trinajstić information content (AvgIpc) is 3.18. The van der Waals surface area contributed by atoms with Crippen LogP contribution in [0.2, 0.25) is 0 Å². The minimum atomic E-state index is -1.31. The van der Waals surface area contributed by atoms with Gasteiger partial charge in [0.15, 0.2) is 5.78 Å². The molecule has 1 aromatic heterocycles. The molecule has 0 aliphatic carbocycles. The van der Waals surface area contributed by atoms with E-state index in [9.17, 15) is 18.8 Å². The normalized spacial score (nSPS) is 10.6. The Morgan fingerprint density at radius 2 is 1.64 bits per heavy atom. The molecule has 1 heterocycles. The minimum Gasteiger partial charge on any atom is -0.465 e. The Bertz CT molecular complexity index is 1460. The second-order valence-corrected chi connectivity index (χ2v) is 8.20. The molecule has 36 heavy (non-hydrogen) atoms. The molecule has 3 aromatic carbocycles. The predicted molar refractivity (Wildman–Crippen MR) is 134 cm³/mol. The van der Waals surface area contributed by atoms with E-state index in [2.05, 4.69) is 15.6 Å². The number of carbonyl (C=O) groups is 3. The Balaban J connectivity index is 1.54. The summed E-state index contributed by atoms with van der Waals surface area (Å²) >= 11 is 0. The monoisotopic (exact) mass is 486 g/mol. The number of aromatic nitrogens is 2. The van der Waals surface area contributed by atoms with Gasteiger partial charge < -0.3 is 15.0 Å². The summed E-state index contributed by atoms with van der Waals surface area (Å²) in [6, 6.07) is 17.3. The maximum atomic E-state index is 13.3. The van der Waals surface area contributed by atoms with Gasteiger partial charge in [-0.15, -0.1) is 0 Å². The SMILES string of the molecule is Cc1cn(-c2cccc(C(=O)CC(=O)Nc3cc(-c4ccc(F)cc4)ccc3NC(=O)O)c2)c(C)n1. The van der Waals surface area contributed by atoms with Gasteiger partial charge in [-0.05, 0) is 61.4 Å². The van der Waals surface area contributed by atoms with Crippen molar-refractivity contribution in [3.63, 3.8) is 0 Å². The number of imidazole rings is 1. The summed E-state index contributed by atoms with van der Waals surface area (Å²) in [5.74, 6) is -0.622. The molecule has 0 atom stereocenters. The Morgan fingerprint density at radius 1 is 0.917 bits per heavy atom. The van der Waals surface area contributed by atoms with Crippen molar-refractivity contribution in [2.24, 2.45) is 0 Å². The van der Waals surface area contributed by atoms with Gasteiger partial charge in [0.05, 0.1) is 23.5 Å². The molecular weight excluding hydrogens is 463 g/mol. The average molecular weight is 487 g/mol. The third-order valence-corrected chi connectivity index (χ3v) is 5.48. The first kappa shape index (κ1) is 24.3. The van der Waals surface area contributed by atoms with Crippen molar-refractivity contribution in [2.45, 2.75) is 20.3 Å². The van der Waals surface area contributed by atoms with E-state index in [0.717, 1.165) is 17.2 Å². The molecule has 0 unspecified atom stereocenters. The fourth-order valence-electron chi connectivity index (χ4n) is 3.84. The first-order valence-corrected chi connectivity index (χ1v) is 11.1. The Labute approximate surface area is 206 Å². The summed E-state index contributed by atoms with van der Waals surface area (Å²) in [5.41, 5.74) is 3.57. The molecule has 0 bridgehead atoms. The number of benzene rings is 3. The molecule has 0 radical (unpaired) electrons. The maximum absolute atomic E-state index is 13.3. The van der Waals surface area contributed by atoms with Crippen LogP contribution < -0.4 is 10.6 Å². The fourth-order valence-corrected chi connectivity index (χ4v) is 3.84. The van der Waals surface area contributed by atoms with E-state index < -0.39 is 30.0 Å². The molecular formula is C27H23FN4O4. The van der Waals surface area contributed by atoms with Crippen LogP contribution in [0.1, 0.15) is 28.3 Å². The van der Waals surface area contributed by atoms with Crippen LogP contribution in [-0.4, -0.2) is 32.4 Å². The fraction of sp³-hybridized carbons (Fsp3) is 0.111. The van der Waals surface area contributed by atoms with Crippen LogP contribution in [0, 0.1) is 19.7 Å².